The number of nitrogens with one attached hydrogen (secondary N) is 1. The molecule has 2 rings (SSSR count). The van der Waals surface area contributed by atoms with E-state index in [2.05, 4.69) is 18.3 Å². The van der Waals surface area contributed by atoms with Crippen molar-refractivity contribution in [2.45, 2.75) is 39.2 Å². The van der Waals surface area contributed by atoms with Gasteiger partial charge in [0.05, 0.1) is 13.2 Å². The summed E-state index contributed by atoms with van der Waals surface area (Å²) in [5.41, 5.74) is 2.26. The van der Waals surface area contributed by atoms with Crippen LogP contribution in [0.3, 0.4) is 0 Å². The Bertz CT molecular complexity index is 438. The zero-order chi connectivity index (χ0) is 13.1. The van der Waals surface area contributed by atoms with Gasteiger partial charge in [0.15, 0.2) is 0 Å². The van der Waals surface area contributed by atoms with Crippen LogP contribution in [-0.2, 0) is 4.79 Å². The minimum absolute atomic E-state index is 0.114. The molecule has 0 bridgehead atoms. The summed E-state index contributed by atoms with van der Waals surface area (Å²) >= 11 is 0. The minimum atomic E-state index is 0.114. The lowest BCUT2D eigenvalue weighted by Crippen LogP contribution is -2.29. The molecule has 1 aliphatic rings. The van der Waals surface area contributed by atoms with Crippen LogP contribution in [-0.4, -0.2) is 13.0 Å². The van der Waals surface area contributed by atoms with Crippen molar-refractivity contribution in [2.75, 3.05) is 7.11 Å². The van der Waals surface area contributed by atoms with E-state index in [4.69, 9.17) is 4.74 Å². The van der Waals surface area contributed by atoms with Crippen molar-refractivity contribution < 1.29 is 9.53 Å². The third kappa shape index (κ3) is 2.84. The average molecular weight is 247 g/mol. The maximum absolute atomic E-state index is 11.8. The van der Waals surface area contributed by atoms with E-state index in [1.807, 2.05) is 19.1 Å². The molecule has 1 N–H and O–H groups in total. The fraction of sp³-hybridized carbons (Fsp3) is 0.533. The van der Waals surface area contributed by atoms with Crippen molar-refractivity contribution in [3.05, 3.63) is 29.3 Å². The number of carbonyl (C=O) groups excluding carboxylic acids is 1. The van der Waals surface area contributed by atoms with Gasteiger partial charge in [0, 0.05) is 5.92 Å². The van der Waals surface area contributed by atoms with E-state index in [1.165, 1.54) is 0 Å². The molecule has 0 aliphatic heterocycles. The Morgan fingerprint density at radius 2 is 2.22 bits per heavy atom. The second-order valence-corrected chi connectivity index (χ2v) is 4.97. The number of ether oxygens (including phenoxy) is 1. The number of carbonyl (C=O) groups is 1. The van der Waals surface area contributed by atoms with Crippen LogP contribution in [0.15, 0.2) is 18.2 Å². The summed E-state index contributed by atoms with van der Waals surface area (Å²) in [7, 11) is 1.67. The zero-order valence-corrected chi connectivity index (χ0v) is 11.3. The van der Waals surface area contributed by atoms with Gasteiger partial charge >= 0.3 is 0 Å². The van der Waals surface area contributed by atoms with Crippen LogP contribution < -0.4 is 10.1 Å². The molecule has 1 aliphatic carbocycles. The number of amides is 1. The first-order valence-corrected chi connectivity index (χ1v) is 6.60. The Kier molecular flexibility index (Phi) is 3.90. The number of hydrogen-bond acceptors (Lipinski definition) is 2. The molecule has 1 saturated carbocycles. The van der Waals surface area contributed by atoms with E-state index < -0.39 is 0 Å². The molecule has 18 heavy (non-hydrogen) atoms. The van der Waals surface area contributed by atoms with Crippen LogP contribution in [0.2, 0.25) is 0 Å². The topological polar surface area (TPSA) is 38.3 Å². The summed E-state index contributed by atoms with van der Waals surface area (Å²) in [5, 5.41) is 3.13. The molecule has 1 amide bonds. The van der Waals surface area contributed by atoms with Crippen LogP contribution in [0, 0.1) is 12.8 Å². The lowest BCUT2D eigenvalue weighted by atomic mass is 10.0. The maximum atomic E-state index is 11.8. The van der Waals surface area contributed by atoms with Crippen LogP contribution >= 0.6 is 0 Å². The summed E-state index contributed by atoms with van der Waals surface area (Å²) in [4.78, 5) is 11.8. The van der Waals surface area contributed by atoms with Gasteiger partial charge in [-0.05, 0) is 43.4 Å². The normalized spacial score (nSPS) is 16.2. The predicted molar refractivity (Wildman–Crippen MR) is 71.6 cm³/mol. The van der Waals surface area contributed by atoms with Crippen molar-refractivity contribution in [1.29, 1.82) is 0 Å². The monoisotopic (exact) mass is 247 g/mol. The molecule has 3 heteroatoms. The van der Waals surface area contributed by atoms with Crippen LogP contribution in [0.25, 0.3) is 0 Å². The summed E-state index contributed by atoms with van der Waals surface area (Å²) in [6.45, 7) is 4.12. The molecular weight excluding hydrogens is 226 g/mol. The Morgan fingerprint density at radius 3 is 2.72 bits per heavy atom. The highest BCUT2D eigenvalue weighted by Gasteiger charge is 2.30. The predicted octanol–water partition coefficient (Wildman–Crippen LogP) is 2.98. The number of aryl methyl sites for hydroxylation is 1. The Balaban J connectivity index is 2.11. The van der Waals surface area contributed by atoms with E-state index in [1.54, 1.807) is 7.11 Å². The molecule has 3 nitrogen and oxygen atoms in total. The molecule has 98 valence electrons. The summed E-state index contributed by atoms with van der Waals surface area (Å²) < 4.78 is 5.26. The lowest BCUT2D eigenvalue weighted by molar-refractivity contribution is -0.123. The largest absolute Gasteiger partial charge is 0.496 e. The molecule has 0 saturated heterocycles. The summed E-state index contributed by atoms with van der Waals surface area (Å²) in [6, 6.07) is 6.21. The molecule has 0 radical (unpaired) electrons. The fourth-order valence-electron chi connectivity index (χ4n) is 2.17. The van der Waals surface area contributed by atoms with Crippen molar-refractivity contribution in [3.8, 4) is 5.75 Å². The van der Waals surface area contributed by atoms with Gasteiger partial charge in [-0.25, -0.2) is 0 Å². The van der Waals surface area contributed by atoms with Gasteiger partial charge < -0.3 is 10.1 Å². The van der Waals surface area contributed by atoms with E-state index in [0.717, 1.165) is 36.1 Å². The number of benzene rings is 1. The molecule has 1 atom stereocenters. The smallest absolute Gasteiger partial charge is 0.223 e. The van der Waals surface area contributed by atoms with Gasteiger partial charge in [0.1, 0.15) is 5.75 Å². The van der Waals surface area contributed by atoms with Crippen LogP contribution in [0.1, 0.15) is 43.4 Å². The van der Waals surface area contributed by atoms with Gasteiger partial charge in [-0.2, -0.15) is 0 Å². The quantitative estimate of drug-likeness (QED) is 0.868. The van der Waals surface area contributed by atoms with Crippen LogP contribution in [0.5, 0.6) is 5.75 Å². The molecule has 0 spiro atoms. The second kappa shape index (κ2) is 5.42. The third-order valence-corrected chi connectivity index (χ3v) is 3.49. The van der Waals surface area contributed by atoms with Gasteiger partial charge in [-0.15, -0.1) is 0 Å². The van der Waals surface area contributed by atoms with Crippen LogP contribution in [0.4, 0.5) is 0 Å². The van der Waals surface area contributed by atoms with Gasteiger partial charge in [0.25, 0.3) is 0 Å². The Morgan fingerprint density at radius 1 is 1.50 bits per heavy atom. The molecule has 1 aromatic rings. The number of methoxy groups -OCH3 is 1. The Hall–Kier alpha value is -1.51. The molecule has 0 unspecified atom stereocenters. The lowest BCUT2D eigenvalue weighted by Gasteiger charge is -2.18. The van der Waals surface area contributed by atoms with Gasteiger partial charge in [-0.3, -0.25) is 4.79 Å². The van der Waals surface area contributed by atoms with E-state index in [-0.39, 0.29) is 17.9 Å². The standard InChI is InChI=1S/C15H21NO2/c1-4-13(16-15(17)11-5-6-11)12-7-8-14(18-3)10(2)9-12/h7-9,11,13H,4-6H2,1-3H3,(H,16,17)/t13-/m0/s1. The highest BCUT2D eigenvalue weighted by atomic mass is 16.5. The third-order valence-electron chi connectivity index (χ3n) is 3.49. The number of hydrogen-bond donors (Lipinski definition) is 1. The maximum Gasteiger partial charge on any atom is 0.223 e. The summed E-state index contributed by atoms with van der Waals surface area (Å²) in [5.74, 6) is 1.36. The van der Waals surface area contributed by atoms with Crippen molar-refractivity contribution in [2.24, 2.45) is 5.92 Å². The van der Waals surface area contributed by atoms with E-state index in [0.29, 0.717) is 0 Å². The minimum Gasteiger partial charge on any atom is -0.496 e. The molecule has 1 fully saturated rings. The SMILES string of the molecule is CC[C@H](NC(=O)C1CC1)c1ccc(OC)c(C)c1. The first kappa shape index (κ1) is 12.9. The first-order chi connectivity index (χ1) is 8.65. The molecule has 0 heterocycles. The van der Waals surface area contributed by atoms with Gasteiger partial charge in [-0.1, -0.05) is 19.1 Å². The second-order valence-electron chi connectivity index (χ2n) is 4.97. The Labute approximate surface area is 109 Å². The van der Waals surface area contributed by atoms with Gasteiger partial charge in [0.2, 0.25) is 5.91 Å². The zero-order valence-electron chi connectivity index (χ0n) is 11.3. The van der Waals surface area contributed by atoms with E-state index in [9.17, 15) is 4.79 Å². The summed E-state index contributed by atoms with van der Waals surface area (Å²) in [6.07, 6.45) is 3.00. The van der Waals surface area contributed by atoms with Crippen molar-refractivity contribution in [3.63, 3.8) is 0 Å². The average Bonchev–Trinajstić information content (AvgIpc) is 3.19. The molecular formula is C15H21NO2. The fourth-order valence-corrected chi connectivity index (χ4v) is 2.17. The van der Waals surface area contributed by atoms with Crippen molar-refractivity contribution in [1.82, 2.24) is 5.32 Å². The van der Waals surface area contributed by atoms with Crippen molar-refractivity contribution >= 4 is 5.91 Å². The first-order valence-electron chi connectivity index (χ1n) is 6.60. The molecule has 0 aromatic heterocycles. The highest BCUT2D eigenvalue weighted by Crippen LogP contribution is 2.31. The number of rotatable bonds is 5. The highest BCUT2D eigenvalue weighted by molar-refractivity contribution is 5.81. The van der Waals surface area contributed by atoms with E-state index >= 15 is 0 Å². The molecule has 1 aromatic carbocycles.